The predicted molar refractivity (Wildman–Crippen MR) is 122 cm³/mol. The Morgan fingerprint density at radius 3 is 2.25 bits per heavy atom. The van der Waals surface area contributed by atoms with Crippen molar-refractivity contribution < 1.29 is 23.9 Å². The van der Waals surface area contributed by atoms with Crippen LogP contribution in [0.15, 0.2) is 48.5 Å². The molecule has 172 valence electrons. The first-order chi connectivity index (χ1) is 15.2. The number of nitrogens with one attached hydrogen (secondary N) is 3. The monoisotopic (exact) mass is 441 g/mol. The van der Waals surface area contributed by atoms with Crippen LogP contribution in [0.2, 0.25) is 0 Å². The van der Waals surface area contributed by atoms with Crippen molar-refractivity contribution in [3.8, 4) is 5.75 Å². The molecule has 3 amide bonds. The van der Waals surface area contributed by atoms with Crippen molar-refractivity contribution in [3.63, 3.8) is 0 Å². The number of benzene rings is 2. The van der Waals surface area contributed by atoms with E-state index in [1.807, 2.05) is 36.4 Å². The average Bonchev–Trinajstić information content (AvgIpc) is 2.75. The van der Waals surface area contributed by atoms with E-state index in [2.05, 4.69) is 16.0 Å². The molecule has 0 unspecified atom stereocenters. The Kier molecular flexibility index (Phi) is 9.07. The highest BCUT2D eigenvalue weighted by atomic mass is 16.6. The zero-order chi connectivity index (χ0) is 23.6. The Labute approximate surface area is 188 Å². The average molecular weight is 442 g/mol. The maximum absolute atomic E-state index is 12.3. The lowest BCUT2D eigenvalue weighted by Gasteiger charge is -2.19. The van der Waals surface area contributed by atoms with Gasteiger partial charge in [0.15, 0.2) is 0 Å². The number of hydrogen-bond acceptors (Lipinski definition) is 5. The smallest absolute Gasteiger partial charge is 0.408 e. The number of aryl methyl sites for hydroxylation is 1. The van der Waals surface area contributed by atoms with E-state index in [-0.39, 0.29) is 19.0 Å². The van der Waals surface area contributed by atoms with Gasteiger partial charge in [0.25, 0.3) is 0 Å². The Balaban J connectivity index is 1.81. The van der Waals surface area contributed by atoms with E-state index in [4.69, 9.17) is 9.47 Å². The number of carbonyl (C=O) groups is 3. The molecule has 2 rings (SSSR count). The summed E-state index contributed by atoms with van der Waals surface area (Å²) in [6.07, 6.45) is 0.302. The lowest BCUT2D eigenvalue weighted by Crippen LogP contribution is -2.37. The third-order valence-corrected chi connectivity index (χ3v) is 4.36. The molecule has 0 heterocycles. The van der Waals surface area contributed by atoms with E-state index >= 15 is 0 Å². The molecule has 2 aromatic carbocycles. The fourth-order valence-electron chi connectivity index (χ4n) is 2.79. The van der Waals surface area contributed by atoms with Crippen molar-refractivity contribution in [3.05, 3.63) is 59.7 Å². The highest BCUT2D eigenvalue weighted by Crippen LogP contribution is 2.15. The number of alkyl carbamates (subject to hydrolysis) is 1. The third kappa shape index (κ3) is 9.07. The first kappa shape index (κ1) is 24.7. The summed E-state index contributed by atoms with van der Waals surface area (Å²) in [5, 5.41) is 8.04. The van der Waals surface area contributed by atoms with Crippen molar-refractivity contribution in [1.29, 1.82) is 0 Å². The zero-order valence-electron chi connectivity index (χ0n) is 19.0. The minimum atomic E-state index is -0.662. The molecule has 0 bridgehead atoms. The van der Waals surface area contributed by atoms with Crippen LogP contribution in [0.5, 0.6) is 5.75 Å². The number of ether oxygens (including phenoxy) is 2. The highest BCUT2D eigenvalue weighted by molar-refractivity contribution is 5.94. The van der Waals surface area contributed by atoms with Gasteiger partial charge in [-0.15, -0.1) is 0 Å². The van der Waals surface area contributed by atoms with E-state index in [0.717, 1.165) is 16.9 Å². The maximum Gasteiger partial charge on any atom is 0.408 e. The van der Waals surface area contributed by atoms with Crippen molar-refractivity contribution in [1.82, 2.24) is 10.6 Å². The van der Waals surface area contributed by atoms with Gasteiger partial charge >= 0.3 is 6.09 Å². The van der Waals surface area contributed by atoms with Crippen LogP contribution in [0.25, 0.3) is 0 Å². The largest absolute Gasteiger partial charge is 0.497 e. The van der Waals surface area contributed by atoms with Gasteiger partial charge in [-0.1, -0.05) is 30.3 Å². The molecule has 0 aromatic heterocycles. The third-order valence-electron chi connectivity index (χ3n) is 4.36. The zero-order valence-corrected chi connectivity index (χ0v) is 19.0. The Morgan fingerprint density at radius 1 is 0.906 bits per heavy atom. The van der Waals surface area contributed by atoms with Crippen LogP contribution in [0.4, 0.5) is 10.5 Å². The first-order valence-corrected chi connectivity index (χ1v) is 10.4. The fraction of sp³-hybridized carbons (Fsp3) is 0.375. The van der Waals surface area contributed by atoms with E-state index in [1.165, 1.54) is 0 Å². The maximum atomic E-state index is 12.3. The number of para-hydroxylation sites is 1. The van der Waals surface area contributed by atoms with Crippen LogP contribution in [0.1, 0.15) is 38.3 Å². The van der Waals surface area contributed by atoms with Gasteiger partial charge in [-0.25, -0.2) is 4.79 Å². The summed E-state index contributed by atoms with van der Waals surface area (Å²) in [4.78, 5) is 36.1. The quantitative estimate of drug-likeness (QED) is 0.553. The van der Waals surface area contributed by atoms with Crippen molar-refractivity contribution >= 4 is 23.6 Å². The molecule has 2 aromatic rings. The van der Waals surface area contributed by atoms with Crippen LogP contribution in [-0.2, 0) is 27.3 Å². The second-order valence-electron chi connectivity index (χ2n) is 8.19. The molecule has 0 fully saturated rings. The molecular weight excluding hydrogens is 410 g/mol. The van der Waals surface area contributed by atoms with E-state index in [9.17, 15) is 14.4 Å². The summed E-state index contributed by atoms with van der Waals surface area (Å²) in [5.74, 6) is 0.292. The van der Waals surface area contributed by atoms with Gasteiger partial charge in [0.2, 0.25) is 11.8 Å². The molecule has 32 heavy (non-hydrogen) atoms. The second-order valence-corrected chi connectivity index (χ2v) is 8.19. The van der Waals surface area contributed by atoms with Crippen LogP contribution >= 0.6 is 0 Å². The number of amides is 3. The summed E-state index contributed by atoms with van der Waals surface area (Å²) in [6, 6.07) is 14.8. The SMILES string of the molecule is COc1ccc(CCC(=O)NCc2ccccc2NC(=O)CNC(=O)OC(C)(C)C)cc1. The fourth-order valence-corrected chi connectivity index (χ4v) is 2.79. The highest BCUT2D eigenvalue weighted by Gasteiger charge is 2.17. The summed E-state index contributed by atoms with van der Waals surface area (Å²) in [7, 11) is 1.61. The normalized spacial score (nSPS) is 10.8. The topological polar surface area (TPSA) is 106 Å². The minimum absolute atomic E-state index is 0.0893. The second kappa shape index (κ2) is 11.7. The van der Waals surface area contributed by atoms with Gasteiger partial charge in [0.1, 0.15) is 17.9 Å². The van der Waals surface area contributed by atoms with Gasteiger partial charge in [-0.2, -0.15) is 0 Å². The van der Waals surface area contributed by atoms with Crippen molar-refractivity contribution in [2.75, 3.05) is 19.0 Å². The standard InChI is InChI=1S/C24H31N3O5/c1-24(2,3)32-23(30)26-16-22(29)27-20-8-6-5-7-18(20)15-25-21(28)14-11-17-9-12-19(31-4)13-10-17/h5-10,12-13H,11,14-16H2,1-4H3,(H,25,28)(H,26,30)(H,27,29). The summed E-state index contributed by atoms with van der Waals surface area (Å²) >= 11 is 0. The van der Waals surface area contributed by atoms with Crippen molar-refractivity contribution in [2.45, 2.75) is 45.8 Å². The van der Waals surface area contributed by atoms with E-state index < -0.39 is 17.6 Å². The number of hydrogen-bond donors (Lipinski definition) is 3. The van der Waals surface area contributed by atoms with Crippen molar-refractivity contribution in [2.24, 2.45) is 0 Å². The Bertz CT molecular complexity index is 920. The lowest BCUT2D eigenvalue weighted by molar-refractivity contribution is -0.121. The first-order valence-electron chi connectivity index (χ1n) is 10.4. The number of carbonyl (C=O) groups excluding carboxylic acids is 3. The van der Waals surface area contributed by atoms with E-state index in [1.54, 1.807) is 40.0 Å². The number of rotatable bonds is 9. The molecule has 0 atom stereocenters. The van der Waals surface area contributed by atoms with Crippen LogP contribution in [0, 0.1) is 0 Å². The Morgan fingerprint density at radius 2 is 1.59 bits per heavy atom. The Hall–Kier alpha value is -3.55. The summed E-state index contributed by atoms with van der Waals surface area (Å²) in [6.45, 7) is 5.28. The molecule has 3 N–H and O–H groups in total. The van der Waals surface area contributed by atoms with Crippen LogP contribution in [-0.4, -0.2) is 37.2 Å². The molecular formula is C24H31N3O5. The van der Waals surface area contributed by atoms with Gasteiger partial charge < -0.3 is 25.4 Å². The summed E-state index contributed by atoms with van der Waals surface area (Å²) < 4.78 is 10.2. The number of anilines is 1. The van der Waals surface area contributed by atoms with Crippen LogP contribution in [0.3, 0.4) is 0 Å². The lowest BCUT2D eigenvalue weighted by atomic mass is 10.1. The minimum Gasteiger partial charge on any atom is -0.497 e. The molecule has 0 aliphatic heterocycles. The molecule has 0 saturated carbocycles. The molecule has 0 aliphatic rings. The van der Waals surface area contributed by atoms with Gasteiger partial charge in [-0.3, -0.25) is 9.59 Å². The van der Waals surface area contributed by atoms with E-state index in [0.29, 0.717) is 18.5 Å². The van der Waals surface area contributed by atoms with Gasteiger partial charge in [0.05, 0.1) is 7.11 Å². The van der Waals surface area contributed by atoms with Gasteiger partial charge in [0, 0.05) is 18.7 Å². The predicted octanol–water partition coefficient (Wildman–Crippen LogP) is 3.41. The number of methoxy groups -OCH3 is 1. The molecule has 8 nitrogen and oxygen atoms in total. The molecule has 8 heteroatoms. The molecule has 0 radical (unpaired) electrons. The summed E-state index contributed by atoms with van der Waals surface area (Å²) in [5.41, 5.74) is 1.74. The van der Waals surface area contributed by atoms with Crippen LogP contribution < -0.4 is 20.7 Å². The molecule has 0 spiro atoms. The molecule has 0 saturated heterocycles. The molecule has 0 aliphatic carbocycles. The van der Waals surface area contributed by atoms with Gasteiger partial charge in [-0.05, 0) is 56.5 Å².